The molecule has 0 saturated heterocycles. The summed E-state index contributed by atoms with van der Waals surface area (Å²) < 4.78 is 5.11. The second-order valence-electron chi connectivity index (χ2n) is 1.86. The molecule has 1 atom stereocenters. The summed E-state index contributed by atoms with van der Waals surface area (Å²) in [5.74, 6) is 0. The number of ether oxygens (including phenoxy) is 1. The van der Waals surface area contributed by atoms with Crippen LogP contribution in [0.4, 0.5) is 0 Å². The highest BCUT2D eigenvalue weighted by atomic mass is 35.5. The molecule has 0 spiro atoms. The van der Waals surface area contributed by atoms with Gasteiger partial charge in [0.25, 0.3) is 0 Å². The highest BCUT2D eigenvalue weighted by molar-refractivity contribution is 6.20. The van der Waals surface area contributed by atoms with Crippen molar-refractivity contribution in [3.63, 3.8) is 0 Å². The van der Waals surface area contributed by atoms with Gasteiger partial charge in [-0.1, -0.05) is 6.92 Å². The smallest absolute Gasteiger partial charge is 0.0627 e. The van der Waals surface area contributed by atoms with Crippen LogP contribution in [0.25, 0.3) is 0 Å². The summed E-state index contributed by atoms with van der Waals surface area (Å²) in [4.78, 5) is 0. The van der Waals surface area contributed by atoms with Crippen LogP contribution in [0.5, 0.6) is 0 Å². The van der Waals surface area contributed by atoms with Crippen molar-refractivity contribution in [1.82, 2.24) is 0 Å². The molecule has 50 valence electrons. The molecule has 0 N–H and O–H groups in total. The van der Waals surface area contributed by atoms with Crippen LogP contribution in [-0.4, -0.2) is 18.6 Å². The molecule has 0 bridgehead atoms. The summed E-state index contributed by atoms with van der Waals surface area (Å²) in [6, 6.07) is 0. The molecule has 0 aromatic heterocycles. The maximum atomic E-state index is 5.59. The summed E-state index contributed by atoms with van der Waals surface area (Å²) in [6.45, 7) is 5.52. The zero-order chi connectivity index (χ0) is 6.41. The summed E-state index contributed by atoms with van der Waals surface area (Å²) in [5, 5.41) is 0.154. The van der Waals surface area contributed by atoms with Crippen molar-refractivity contribution in [2.75, 3.05) is 13.2 Å². The topological polar surface area (TPSA) is 9.23 Å². The molecule has 0 radical (unpaired) electrons. The largest absolute Gasteiger partial charge is 0.380 e. The maximum Gasteiger partial charge on any atom is 0.0627 e. The minimum atomic E-state index is 0.154. The van der Waals surface area contributed by atoms with Gasteiger partial charge in [0.15, 0.2) is 0 Å². The van der Waals surface area contributed by atoms with Crippen LogP contribution < -0.4 is 0 Å². The van der Waals surface area contributed by atoms with Gasteiger partial charge in [0.1, 0.15) is 0 Å². The standard InChI is InChI=1S/C6H13ClO/c1-3-4-8-5-6(2)7/h6H,3-5H2,1-2H3. The molecule has 0 rings (SSSR count). The van der Waals surface area contributed by atoms with E-state index in [1.807, 2.05) is 6.92 Å². The molecule has 1 nitrogen and oxygen atoms in total. The third-order valence-electron chi connectivity index (χ3n) is 0.696. The van der Waals surface area contributed by atoms with E-state index in [-0.39, 0.29) is 5.38 Å². The van der Waals surface area contributed by atoms with Gasteiger partial charge in [-0.05, 0) is 13.3 Å². The van der Waals surface area contributed by atoms with Crippen molar-refractivity contribution in [1.29, 1.82) is 0 Å². The number of alkyl halides is 1. The molecule has 0 saturated carbocycles. The summed E-state index contributed by atoms with van der Waals surface area (Å²) in [6.07, 6.45) is 1.07. The van der Waals surface area contributed by atoms with Gasteiger partial charge in [-0.15, -0.1) is 11.6 Å². The van der Waals surface area contributed by atoms with Crippen molar-refractivity contribution in [3.05, 3.63) is 0 Å². The van der Waals surface area contributed by atoms with Crippen LogP contribution in [-0.2, 0) is 4.74 Å². The lowest BCUT2D eigenvalue weighted by Crippen LogP contribution is -2.04. The molecule has 0 aliphatic rings. The van der Waals surface area contributed by atoms with Gasteiger partial charge >= 0.3 is 0 Å². The molecule has 0 fully saturated rings. The van der Waals surface area contributed by atoms with E-state index in [1.165, 1.54) is 0 Å². The van der Waals surface area contributed by atoms with Crippen LogP contribution in [0.2, 0.25) is 0 Å². The molecule has 0 heterocycles. The Labute approximate surface area is 56.0 Å². The minimum absolute atomic E-state index is 0.154. The summed E-state index contributed by atoms with van der Waals surface area (Å²) in [5.41, 5.74) is 0. The van der Waals surface area contributed by atoms with Gasteiger partial charge in [0.2, 0.25) is 0 Å². The van der Waals surface area contributed by atoms with Crippen LogP contribution in [0.3, 0.4) is 0 Å². The predicted molar refractivity (Wildman–Crippen MR) is 36.4 cm³/mol. The zero-order valence-electron chi connectivity index (χ0n) is 5.48. The fraction of sp³-hybridized carbons (Fsp3) is 1.00. The molecule has 0 aromatic rings. The molecule has 2 heteroatoms. The van der Waals surface area contributed by atoms with Crippen LogP contribution in [0.1, 0.15) is 20.3 Å². The third kappa shape index (κ3) is 6.25. The van der Waals surface area contributed by atoms with E-state index < -0.39 is 0 Å². The van der Waals surface area contributed by atoms with Crippen LogP contribution in [0.15, 0.2) is 0 Å². The lowest BCUT2D eigenvalue weighted by Gasteiger charge is -2.01. The fourth-order valence-electron chi connectivity index (χ4n) is 0.390. The van der Waals surface area contributed by atoms with Gasteiger partial charge < -0.3 is 4.74 Å². The first-order valence-electron chi connectivity index (χ1n) is 2.99. The average Bonchev–Trinajstić information content (AvgIpc) is 1.66. The first-order valence-corrected chi connectivity index (χ1v) is 3.42. The number of rotatable bonds is 4. The Balaban J connectivity index is 2.72. The Bertz CT molecular complexity index is 45.8. The minimum Gasteiger partial charge on any atom is -0.380 e. The van der Waals surface area contributed by atoms with Gasteiger partial charge in [-0.3, -0.25) is 0 Å². The molecular formula is C6H13ClO. The Morgan fingerprint density at radius 3 is 2.62 bits per heavy atom. The maximum absolute atomic E-state index is 5.59. The van der Waals surface area contributed by atoms with Crippen LogP contribution in [0, 0.1) is 0 Å². The normalized spacial score (nSPS) is 13.9. The second kappa shape index (κ2) is 5.39. The van der Waals surface area contributed by atoms with Gasteiger partial charge in [-0.2, -0.15) is 0 Å². The SMILES string of the molecule is CCCOCC(C)Cl. The molecule has 0 aliphatic heterocycles. The Hall–Kier alpha value is 0.250. The Morgan fingerprint density at radius 1 is 1.62 bits per heavy atom. The predicted octanol–water partition coefficient (Wildman–Crippen LogP) is 2.04. The highest BCUT2D eigenvalue weighted by Crippen LogP contribution is 1.93. The summed E-state index contributed by atoms with van der Waals surface area (Å²) in [7, 11) is 0. The van der Waals surface area contributed by atoms with E-state index in [1.54, 1.807) is 0 Å². The number of halogens is 1. The fourth-order valence-corrected chi connectivity index (χ4v) is 0.479. The third-order valence-corrected chi connectivity index (χ3v) is 0.822. The van der Waals surface area contributed by atoms with Crippen molar-refractivity contribution < 1.29 is 4.74 Å². The van der Waals surface area contributed by atoms with Crippen molar-refractivity contribution >= 4 is 11.6 Å². The van der Waals surface area contributed by atoms with Crippen LogP contribution >= 0.6 is 11.6 Å². The highest BCUT2D eigenvalue weighted by Gasteiger charge is 1.92. The van der Waals surface area contributed by atoms with Gasteiger partial charge in [0, 0.05) is 6.61 Å². The average molecular weight is 137 g/mol. The van der Waals surface area contributed by atoms with E-state index in [0.29, 0.717) is 6.61 Å². The lowest BCUT2D eigenvalue weighted by molar-refractivity contribution is 0.137. The molecule has 0 aliphatic carbocycles. The number of hydrogen-bond donors (Lipinski definition) is 0. The Kier molecular flexibility index (Phi) is 5.56. The summed E-state index contributed by atoms with van der Waals surface area (Å²) >= 11 is 5.59. The van der Waals surface area contributed by atoms with Crippen molar-refractivity contribution in [2.45, 2.75) is 25.6 Å². The molecule has 0 aromatic carbocycles. The zero-order valence-corrected chi connectivity index (χ0v) is 6.24. The van der Waals surface area contributed by atoms with Gasteiger partial charge in [-0.25, -0.2) is 0 Å². The van der Waals surface area contributed by atoms with E-state index in [4.69, 9.17) is 16.3 Å². The van der Waals surface area contributed by atoms with E-state index >= 15 is 0 Å². The Morgan fingerprint density at radius 2 is 2.25 bits per heavy atom. The first-order chi connectivity index (χ1) is 3.77. The van der Waals surface area contributed by atoms with E-state index in [0.717, 1.165) is 13.0 Å². The second-order valence-corrected chi connectivity index (χ2v) is 2.60. The molecule has 8 heavy (non-hydrogen) atoms. The first kappa shape index (κ1) is 8.25. The molecular weight excluding hydrogens is 124 g/mol. The van der Waals surface area contributed by atoms with E-state index in [2.05, 4.69) is 6.92 Å². The monoisotopic (exact) mass is 136 g/mol. The number of hydrogen-bond acceptors (Lipinski definition) is 1. The van der Waals surface area contributed by atoms with Crippen molar-refractivity contribution in [3.8, 4) is 0 Å². The molecule has 1 unspecified atom stereocenters. The molecule has 0 amide bonds. The lowest BCUT2D eigenvalue weighted by atomic mass is 10.5. The van der Waals surface area contributed by atoms with E-state index in [9.17, 15) is 0 Å². The quantitative estimate of drug-likeness (QED) is 0.425. The van der Waals surface area contributed by atoms with Crippen molar-refractivity contribution in [2.24, 2.45) is 0 Å². The van der Waals surface area contributed by atoms with Gasteiger partial charge in [0.05, 0.1) is 12.0 Å².